The highest BCUT2D eigenvalue weighted by molar-refractivity contribution is 5.89. The number of nitrogens with one attached hydrogen (secondary N) is 2. The van der Waals surface area contributed by atoms with Crippen LogP contribution in [0.2, 0.25) is 0 Å². The third kappa shape index (κ3) is 4.97. The van der Waals surface area contributed by atoms with Crippen LogP contribution in [-0.2, 0) is 27.9 Å². The molecule has 3 N–H and O–H groups in total. The highest BCUT2D eigenvalue weighted by Gasteiger charge is 2.30. The van der Waals surface area contributed by atoms with Gasteiger partial charge in [-0.1, -0.05) is 48.5 Å². The molecular weight excluding hydrogens is 428 g/mol. The molecule has 33 heavy (non-hydrogen) atoms. The van der Waals surface area contributed by atoms with Gasteiger partial charge in [-0.2, -0.15) is 4.80 Å². The Hall–Kier alpha value is -4.28. The number of hydrogen-bond donors (Lipinski definition) is 3. The monoisotopic (exact) mass is 450 g/mol. The second-order valence-electron chi connectivity index (χ2n) is 7.53. The van der Waals surface area contributed by atoms with Gasteiger partial charge in [0.2, 0.25) is 5.91 Å². The summed E-state index contributed by atoms with van der Waals surface area (Å²) in [6, 6.07) is 14.5. The molecule has 0 spiro atoms. The van der Waals surface area contributed by atoms with Crippen LogP contribution < -0.4 is 10.6 Å². The number of fused-ring (bicyclic) bond motifs is 3. The summed E-state index contributed by atoms with van der Waals surface area (Å²) >= 11 is 0. The smallest absolute Gasteiger partial charge is 0.407 e. The fraction of sp³-hybridized carbons (Fsp3) is 0.273. The molecule has 1 aliphatic carbocycles. The summed E-state index contributed by atoms with van der Waals surface area (Å²) in [5.41, 5.74) is 4.26. The predicted octanol–water partition coefficient (Wildman–Crippen LogP) is 1.21. The Bertz CT molecular complexity index is 1150. The Morgan fingerprint density at radius 1 is 1.09 bits per heavy atom. The molecule has 0 saturated heterocycles. The molecule has 0 saturated carbocycles. The maximum absolute atomic E-state index is 12.5. The van der Waals surface area contributed by atoms with E-state index in [1.165, 1.54) is 4.80 Å². The molecule has 0 aliphatic heterocycles. The van der Waals surface area contributed by atoms with E-state index < -0.39 is 30.4 Å². The zero-order valence-electron chi connectivity index (χ0n) is 17.8. The largest absolute Gasteiger partial charge is 0.481 e. The van der Waals surface area contributed by atoms with Gasteiger partial charge in [0.25, 0.3) is 0 Å². The Labute approximate surface area is 188 Å². The van der Waals surface area contributed by atoms with Gasteiger partial charge in [-0.05, 0) is 27.5 Å². The summed E-state index contributed by atoms with van der Waals surface area (Å²) in [6.45, 7) is -0.0139. The molecule has 3 aromatic rings. The van der Waals surface area contributed by atoms with Gasteiger partial charge in [-0.3, -0.25) is 9.59 Å². The maximum atomic E-state index is 12.5. The average Bonchev–Trinajstić information content (AvgIpc) is 3.36. The van der Waals surface area contributed by atoms with Gasteiger partial charge in [0.05, 0.1) is 20.0 Å². The van der Waals surface area contributed by atoms with Crippen molar-refractivity contribution in [1.29, 1.82) is 0 Å². The van der Waals surface area contributed by atoms with E-state index in [4.69, 9.17) is 9.84 Å². The lowest BCUT2D eigenvalue weighted by molar-refractivity contribution is -0.139. The second kappa shape index (κ2) is 9.47. The van der Waals surface area contributed by atoms with Crippen molar-refractivity contribution < 1.29 is 24.2 Å². The normalized spacial score (nSPS) is 13.0. The number of tetrazole rings is 1. The van der Waals surface area contributed by atoms with Crippen LogP contribution in [0.25, 0.3) is 11.1 Å². The number of hydrogen-bond acceptors (Lipinski definition) is 7. The number of aromatic nitrogens is 4. The first kappa shape index (κ1) is 21.9. The van der Waals surface area contributed by atoms with Crippen molar-refractivity contribution in [1.82, 2.24) is 30.8 Å². The number of alkyl carbamates (subject to hydrolysis) is 1. The average molecular weight is 450 g/mol. The van der Waals surface area contributed by atoms with Crippen LogP contribution in [0.3, 0.4) is 0 Å². The van der Waals surface area contributed by atoms with Gasteiger partial charge in [0.1, 0.15) is 12.6 Å². The van der Waals surface area contributed by atoms with Crippen molar-refractivity contribution in [2.24, 2.45) is 7.05 Å². The van der Waals surface area contributed by atoms with Crippen molar-refractivity contribution in [3.8, 4) is 11.1 Å². The lowest BCUT2D eigenvalue weighted by Gasteiger charge is -2.18. The second-order valence-corrected chi connectivity index (χ2v) is 7.53. The van der Waals surface area contributed by atoms with Crippen molar-refractivity contribution in [2.45, 2.75) is 24.9 Å². The minimum atomic E-state index is -1.32. The highest BCUT2D eigenvalue weighted by Crippen LogP contribution is 2.44. The lowest BCUT2D eigenvalue weighted by atomic mass is 9.98. The zero-order chi connectivity index (χ0) is 23.4. The van der Waals surface area contributed by atoms with E-state index in [0.717, 1.165) is 22.3 Å². The molecule has 170 valence electrons. The summed E-state index contributed by atoms with van der Waals surface area (Å²) in [4.78, 5) is 37.3. The summed E-state index contributed by atoms with van der Waals surface area (Å²) < 4.78 is 5.41. The fourth-order valence-electron chi connectivity index (χ4n) is 3.85. The Morgan fingerprint density at radius 2 is 1.73 bits per heavy atom. The van der Waals surface area contributed by atoms with E-state index in [9.17, 15) is 14.4 Å². The number of amides is 2. The van der Waals surface area contributed by atoms with Gasteiger partial charge in [-0.15, -0.1) is 10.2 Å². The molecule has 4 rings (SSSR count). The Morgan fingerprint density at radius 3 is 2.30 bits per heavy atom. The number of nitrogens with zero attached hydrogens (tertiary/aromatic N) is 4. The molecule has 2 amide bonds. The molecule has 0 radical (unpaired) electrons. The number of benzene rings is 2. The number of ether oxygens (including phenoxy) is 1. The molecular formula is C22H22N6O5. The number of carbonyl (C=O) groups is 3. The SMILES string of the molecule is Cn1nnc(CNC(=O)C(CC(=O)O)NC(=O)OCC2c3ccccc3-c3ccccc32)n1. The standard InChI is InChI=1S/C22H22N6O5/c1-28-26-19(25-27-28)11-23-21(31)18(10-20(29)30)24-22(32)33-12-17-15-8-4-2-6-13(15)14-7-3-5-9-16(14)17/h2-9,17-18H,10-12H2,1H3,(H,23,31)(H,24,32)(H,29,30). The number of carboxylic acids is 1. The molecule has 2 aromatic carbocycles. The first-order chi connectivity index (χ1) is 15.9. The van der Waals surface area contributed by atoms with Crippen LogP contribution in [0.1, 0.15) is 29.3 Å². The van der Waals surface area contributed by atoms with Crippen molar-refractivity contribution in [3.63, 3.8) is 0 Å². The van der Waals surface area contributed by atoms with Crippen LogP contribution in [0.4, 0.5) is 4.79 Å². The van der Waals surface area contributed by atoms with E-state index in [1.807, 2.05) is 48.5 Å². The van der Waals surface area contributed by atoms with Crippen LogP contribution in [0, 0.1) is 0 Å². The molecule has 11 heteroatoms. The van der Waals surface area contributed by atoms with Crippen molar-refractivity contribution in [3.05, 3.63) is 65.5 Å². The first-order valence-corrected chi connectivity index (χ1v) is 10.3. The van der Waals surface area contributed by atoms with Gasteiger partial charge in [0, 0.05) is 5.92 Å². The fourth-order valence-corrected chi connectivity index (χ4v) is 3.85. The third-order valence-corrected chi connectivity index (χ3v) is 5.30. The van der Waals surface area contributed by atoms with Crippen LogP contribution in [0.15, 0.2) is 48.5 Å². The van der Waals surface area contributed by atoms with E-state index >= 15 is 0 Å². The lowest BCUT2D eigenvalue weighted by Crippen LogP contribution is -2.48. The van der Waals surface area contributed by atoms with E-state index in [1.54, 1.807) is 7.05 Å². The minimum Gasteiger partial charge on any atom is -0.481 e. The summed E-state index contributed by atoms with van der Waals surface area (Å²) in [6.07, 6.45) is -1.49. The molecule has 1 aromatic heterocycles. The molecule has 1 unspecified atom stereocenters. The predicted molar refractivity (Wildman–Crippen MR) is 115 cm³/mol. The van der Waals surface area contributed by atoms with Crippen molar-refractivity contribution in [2.75, 3.05) is 6.61 Å². The summed E-state index contributed by atoms with van der Waals surface area (Å²) in [5.74, 6) is -1.84. The van der Waals surface area contributed by atoms with Crippen LogP contribution in [-0.4, -0.2) is 55.9 Å². The number of carboxylic acid groups (broad SMARTS) is 1. The Balaban J connectivity index is 1.38. The number of aryl methyl sites for hydroxylation is 1. The van der Waals surface area contributed by atoms with E-state index in [-0.39, 0.29) is 24.9 Å². The van der Waals surface area contributed by atoms with Gasteiger partial charge in [0.15, 0.2) is 5.82 Å². The van der Waals surface area contributed by atoms with Crippen LogP contribution >= 0.6 is 0 Å². The Kier molecular flexibility index (Phi) is 6.29. The van der Waals surface area contributed by atoms with Crippen molar-refractivity contribution >= 4 is 18.0 Å². The van der Waals surface area contributed by atoms with Gasteiger partial charge >= 0.3 is 12.1 Å². The summed E-state index contributed by atoms with van der Waals surface area (Å²) in [7, 11) is 1.57. The molecule has 11 nitrogen and oxygen atoms in total. The number of aliphatic carboxylic acids is 1. The molecule has 0 fully saturated rings. The molecule has 0 bridgehead atoms. The minimum absolute atomic E-state index is 0.0464. The zero-order valence-corrected chi connectivity index (χ0v) is 17.8. The highest BCUT2D eigenvalue weighted by atomic mass is 16.5. The third-order valence-electron chi connectivity index (χ3n) is 5.30. The molecule has 1 aliphatic rings. The maximum Gasteiger partial charge on any atom is 0.407 e. The van der Waals surface area contributed by atoms with Crippen LogP contribution in [0.5, 0.6) is 0 Å². The van der Waals surface area contributed by atoms with E-state index in [0.29, 0.717) is 0 Å². The molecule has 1 atom stereocenters. The summed E-state index contributed by atoms with van der Waals surface area (Å²) in [5, 5.41) is 25.3. The number of rotatable bonds is 8. The number of carbonyl (C=O) groups excluding carboxylic acids is 2. The quantitative estimate of drug-likeness (QED) is 0.464. The van der Waals surface area contributed by atoms with Gasteiger partial charge in [-0.25, -0.2) is 4.79 Å². The molecule has 1 heterocycles. The van der Waals surface area contributed by atoms with E-state index in [2.05, 4.69) is 26.0 Å². The van der Waals surface area contributed by atoms with Gasteiger partial charge < -0.3 is 20.5 Å². The topological polar surface area (TPSA) is 148 Å². The first-order valence-electron chi connectivity index (χ1n) is 10.3.